The number of nitrogens with zero attached hydrogens (tertiary/aromatic N) is 2. The molecule has 0 atom stereocenters. The number of benzene rings is 2. The van der Waals surface area contributed by atoms with E-state index in [1.54, 1.807) is 12.1 Å². The molecular weight excluding hydrogens is 260 g/mol. The number of imidazole rings is 1. The van der Waals surface area contributed by atoms with Gasteiger partial charge in [0, 0.05) is 12.1 Å². The van der Waals surface area contributed by atoms with Crippen LogP contribution in [0.5, 0.6) is 5.75 Å². The van der Waals surface area contributed by atoms with Gasteiger partial charge in [0.1, 0.15) is 11.6 Å². The van der Waals surface area contributed by atoms with Gasteiger partial charge in [-0.15, -0.1) is 0 Å². The third-order valence-corrected chi connectivity index (χ3v) is 3.69. The zero-order chi connectivity index (χ0) is 14.8. The summed E-state index contributed by atoms with van der Waals surface area (Å²) in [4.78, 5) is 4.75. The molecule has 0 saturated carbocycles. The van der Waals surface area contributed by atoms with Crippen molar-refractivity contribution in [1.82, 2.24) is 9.55 Å². The summed E-state index contributed by atoms with van der Waals surface area (Å²) in [6.07, 6.45) is 1.10. The lowest BCUT2D eigenvalue weighted by atomic mass is 10.1. The molecule has 0 aliphatic rings. The van der Waals surface area contributed by atoms with Gasteiger partial charge in [0.2, 0.25) is 0 Å². The third kappa shape index (κ3) is 2.77. The van der Waals surface area contributed by atoms with Crippen LogP contribution in [0.4, 0.5) is 0 Å². The number of aromatic hydroxyl groups is 1. The summed E-state index contributed by atoms with van der Waals surface area (Å²) >= 11 is 0. The zero-order valence-electron chi connectivity index (χ0n) is 12.5. The monoisotopic (exact) mass is 280 g/mol. The van der Waals surface area contributed by atoms with E-state index in [0.717, 1.165) is 35.4 Å². The Hall–Kier alpha value is -2.29. The van der Waals surface area contributed by atoms with Crippen LogP contribution in [-0.2, 0) is 6.54 Å². The van der Waals surface area contributed by atoms with Crippen LogP contribution in [0.25, 0.3) is 22.4 Å². The number of hydrogen-bond acceptors (Lipinski definition) is 2. The lowest BCUT2D eigenvalue weighted by Crippen LogP contribution is -2.03. The van der Waals surface area contributed by atoms with E-state index in [1.807, 2.05) is 30.3 Å². The summed E-state index contributed by atoms with van der Waals surface area (Å²) in [5, 5.41) is 9.72. The van der Waals surface area contributed by atoms with Gasteiger partial charge < -0.3 is 9.67 Å². The Balaban J connectivity index is 2.14. The van der Waals surface area contributed by atoms with E-state index in [2.05, 4.69) is 24.5 Å². The Morgan fingerprint density at radius 2 is 1.90 bits per heavy atom. The van der Waals surface area contributed by atoms with E-state index in [4.69, 9.17) is 4.98 Å². The summed E-state index contributed by atoms with van der Waals surface area (Å²) in [6.45, 7) is 5.39. The minimum absolute atomic E-state index is 0.273. The lowest BCUT2D eigenvalue weighted by molar-refractivity contribution is 0.475. The predicted octanol–water partition coefficient (Wildman–Crippen LogP) is 4.46. The molecule has 0 saturated heterocycles. The normalized spacial score (nSPS) is 11.4. The summed E-state index contributed by atoms with van der Waals surface area (Å²) < 4.78 is 2.25. The maximum atomic E-state index is 9.72. The number of phenolic OH excluding ortho intramolecular Hbond substituents is 1. The van der Waals surface area contributed by atoms with E-state index >= 15 is 0 Å². The zero-order valence-corrected chi connectivity index (χ0v) is 12.5. The van der Waals surface area contributed by atoms with Crippen LogP contribution < -0.4 is 0 Å². The molecule has 3 nitrogen and oxygen atoms in total. The second kappa shape index (κ2) is 5.60. The third-order valence-electron chi connectivity index (χ3n) is 3.69. The molecule has 0 amide bonds. The Morgan fingerprint density at radius 1 is 1.10 bits per heavy atom. The van der Waals surface area contributed by atoms with E-state index < -0.39 is 0 Å². The average molecular weight is 280 g/mol. The number of para-hydroxylation sites is 2. The SMILES string of the molecule is CC(C)CCn1c(-c2cccc(O)c2)nc2ccccc21. The highest BCUT2D eigenvalue weighted by Gasteiger charge is 2.12. The second-order valence-electron chi connectivity index (χ2n) is 5.81. The van der Waals surface area contributed by atoms with Crippen LogP contribution >= 0.6 is 0 Å². The molecule has 1 heterocycles. The highest BCUT2D eigenvalue weighted by molar-refractivity contribution is 5.80. The molecule has 21 heavy (non-hydrogen) atoms. The predicted molar refractivity (Wildman–Crippen MR) is 86.3 cm³/mol. The van der Waals surface area contributed by atoms with Gasteiger partial charge in [0.15, 0.2) is 0 Å². The smallest absolute Gasteiger partial charge is 0.141 e. The van der Waals surface area contributed by atoms with E-state index in [9.17, 15) is 5.11 Å². The van der Waals surface area contributed by atoms with Crippen molar-refractivity contribution in [3.63, 3.8) is 0 Å². The number of rotatable bonds is 4. The maximum absolute atomic E-state index is 9.72. The van der Waals surface area contributed by atoms with Crippen molar-refractivity contribution in [3.05, 3.63) is 48.5 Å². The Morgan fingerprint density at radius 3 is 2.67 bits per heavy atom. The topological polar surface area (TPSA) is 38.0 Å². The average Bonchev–Trinajstić information content (AvgIpc) is 2.84. The van der Waals surface area contributed by atoms with Crippen molar-refractivity contribution < 1.29 is 5.11 Å². The van der Waals surface area contributed by atoms with Gasteiger partial charge in [0.25, 0.3) is 0 Å². The Kier molecular flexibility index (Phi) is 3.65. The molecule has 0 spiro atoms. The van der Waals surface area contributed by atoms with Crippen molar-refractivity contribution in [1.29, 1.82) is 0 Å². The van der Waals surface area contributed by atoms with Gasteiger partial charge in [-0.2, -0.15) is 0 Å². The lowest BCUT2D eigenvalue weighted by Gasteiger charge is -2.11. The minimum atomic E-state index is 0.273. The number of aryl methyl sites for hydroxylation is 1. The van der Waals surface area contributed by atoms with Gasteiger partial charge in [0.05, 0.1) is 11.0 Å². The van der Waals surface area contributed by atoms with Crippen molar-refractivity contribution in [2.45, 2.75) is 26.8 Å². The summed E-state index contributed by atoms with van der Waals surface area (Å²) in [5.74, 6) is 1.84. The van der Waals surface area contributed by atoms with Crippen LogP contribution in [-0.4, -0.2) is 14.7 Å². The maximum Gasteiger partial charge on any atom is 0.141 e. The molecule has 0 aliphatic carbocycles. The van der Waals surface area contributed by atoms with Crippen LogP contribution in [0.15, 0.2) is 48.5 Å². The van der Waals surface area contributed by atoms with Gasteiger partial charge >= 0.3 is 0 Å². The minimum Gasteiger partial charge on any atom is -0.508 e. The molecule has 3 rings (SSSR count). The van der Waals surface area contributed by atoms with Crippen LogP contribution in [0.2, 0.25) is 0 Å². The molecule has 3 aromatic rings. The number of hydrogen-bond donors (Lipinski definition) is 1. The fourth-order valence-electron chi connectivity index (χ4n) is 2.55. The molecule has 0 fully saturated rings. The molecule has 1 aromatic heterocycles. The fraction of sp³-hybridized carbons (Fsp3) is 0.278. The molecule has 0 bridgehead atoms. The van der Waals surface area contributed by atoms with Gasteiger partial charge in [-0.1, -0.05) is 38.1 Å². The fourth-order valence-corrected chi connectivity index (χ4v) is 2.55. The first-order valence-electron chi connectivity index (χ1n) is 7.40. The van der Waals surface area contributed by atoms with Crippen molar-refractivity contribution in [2.24, 2.45) is 5.92 Å². The van der Waals surface area contributed by atoms with Crippen molar-refractivity contribution in [3.8, 4) is 17.1 Å². The standard InChI is InChI=1S/C18H20N2O/c1-13(2)10-11-20-17-9-4-3-8-16(17)19-18(20)14-6-5-7-15(21)12-14/h3-9,12-13,21H,10-11H2,1-2H3. The van der Waals surface area contributed by atoms with Crippen LogP contribution in [0.3, 0.4) is 0 Å². The largest absolute Gasteiger partial charge is 0.508 e. The van der Waals surface area contributed by atoms with Crippen molar-refractivity contribution >= 4 is 11.0 Å². The van der Waals surface area contributed by atoms with Crippen LogP contribution in [0, 0.1) is 5.92 Å². The highest BCUT2D eigenvalue weighted by atomic mass is 16.3. The first-order chi connectivity index (χ1) is 10.1. The Labute approximate surface area is 124 Å². The van der Waals surface area contributed by atoms with E-state index in [1.165, 1.54) is 0 Å². The second-order valence-corrected chi connectivity index (χ2v) is 5.81. The summed E-state index contributed by atoms with van der Waals surface area (Å²) in [7, 11) is 0. The molecule has 0 unspecified atom stereocenters. The Bertz CT molecular complexity index is 759. The van der Waals surface area contributed by atoms with Gasteiger partial charge in [-0.25, -0.2) is 4.98 Å². The quantitative estimate of drug-likeness (QED) is 0.766. The highest BCUT2D eigenvalue weighted by Crippen LogP contribution is 2.27. The van der Waals surface area contributed by atoms with E-state index in [0.29, 0.717) is 5.92 Å². The van der Waals surface area contributed by atoms with Crippen molar-refractivity contribution in [2.75, 3.05) is 0 Å². The summed E-state index contributed by atoms with van der Waals surface area (Å²) in [6, 6.07) is 15.5. The van der Waals surface area contributed by atoms with Gasteiger partial charge in [-0.3, -0.25) is 0 Å². The van der Waals surface area contributed by atoms with Gasteiger partial charge in [-0.05, 0) is 36.6 Å². The molecule has 1 N–H and O–H groups in total. The molecule has 0 radical (unpaired) electrons. The molecule has 108 valence electrons. The number of fused-ring (bicyclic) bond motifs is 1. The molecule has 3 heteroatoms. The molecular formula is C18H20N2O. The first-order valence-corrected chi connectivity index (χ1v) is 7.40. The molecule has 0 aliphatic heterocycles. The molecule has 2 aromatic carbocycles. The van der Waals surface area contributed by atoms with E-state index in [-0.39, 0.29) is 5.75 Å². The first kappa shape index (κ1) is 13.7. The van der Waals surface area contributed by atoms with Crippen LogP contribution in [0.1, 0.15) is 20.3 Å². The summed E-state index contributed by atoms with van der Waals surface area (Å²) in [5.41, 5.74) is 3.10. The number of phenols is 1. The number of aromatic nitrogens is 2.